The lowest BCUT2D eigenvalue weighted by Crippen LogP contribution is -2.31. The highest BCUT2D eigenvalue weighted by Crippen LogP contribution is 2.27. The van der Waals surface area contributed by atoms with Crippen LogP contribution < -0.4 is 0 Å². The average molecular weight is 208 g/mol. The van der Waals surface area contributed by atoms with E-state index in [1.54, 1.807) is 0 Å². The van der Waals surface area contributed by atoms with Crippen molar-refractivity contribution in [2.24, 2.45) is 0 Å². The van der Waals surface area contributed by atoms with E-state index in [-0.39, 0.29) is 6.42 Å². The third-order valence-electron chi connectivity index (χ3n) is 1.51. The molecule has 0 saturated carbocycles. The Morgan fingerprint density at radius 2 is 1.46 bits per heavy atom. The fourth-order valence-electron chi connectivity index (χ4n) is 0.785. The minimum absolute atomic E-state index is 0.334. The Bertz CT molecular complexity index is 142. The van der Waals surface area contributed by atoms with E-state index >= 15 is 0 Å². The molecule has 0 aliphatic heterocycles. The van der Waals surface area contributed by atoms with E-state index in [1.807, 2.05) is 0 Å². The fourth-order valence-corrected chi connectivity index (χ4v) is 0.785. The summed E-state index contributed by atoms with van der Waals surface area (Å²) < 4.78 is 71.7. The Labute approximate surface area is 71.9 Å². The van der Waals surface area contributed by atoms with E-state index in [9.17, 15) is 26.3 Å². The molecule has 0 heterocycles. The van der Waals surface area contributed by atoms with Crippen molar-refractivity contribution in [1.29, 1.82) is 0 Å². The van der Waals surface area contributed by atoms with Gasteiger partial charge >= 0.3 is 6.18 Å². The van der Waals surface area contributed by atoms with E-state index in [0.717, 1.165) is 0 Å². The lowest BCUT2D eigenvalue weighted by molar-refractivity contribution is -0.153. The number of halogens is 6. The molecule has 0 aromatic rings. The van der Waals surface area contributed by atoms with Gasteiger partial charge in [0.15, 0.2) is 6.17 Å². The van der Waals surface area contributed by atoms with Crippen LogP contribution in [0.4, 0.5) is 26.3 Å². The molecule has 0 nitrogen and oxygen atoms in total. The van der Waals surface area contributed by atoms with Gasteiger partial charge in [-0.15, -0.1) is 0 Å². The maximum Gasteiger partial charge on any atom is 0.392 e. The third kappa shape index (κ3) is 5.00. The van der Waals surface area contributed by atoms with Gasteiger partial charge in [-0.2, -0.15) is 13.2 Å². The first-order chi connectivity index (χ1) is 5.78. The summed E-state index contributed by atoms with van der Waals surface area (Å²) in [5.74, 6) is 0. The van der Waals surface area contributed by atoms with Crippen LogP contribution in [-0.2, 0) is 0 Å². The van der Waals surface area contributed by atoms with Gasteiger partial charge in [0, 0.05) is 0 Å². The first-order valence-electron chi connectivity index (χ1n) is 3.77. The third-order valence-corrected chi connectivity index (χ3v) is 1.51. The monoisotopic (exact) mass is 208 g/mol. The molecule has 0 aliphatic carbocycles. The van der Waals surface area contributed by atoms with Crippen molar-refractivity contribution in [3.8, 4) is 0 Å². The molecule has 0 saturated heterocycles. The van der Waals surface area contributed by atoms with Crippen molar-refractivity contribution in [1.82, 2.24) is 0 Å². The summed E-state index contributed by atoms with van der Waals surface area (Å²) in [6.45, 7) is 1.23. The number of alkyl halides is 6. The number of hydrogen-bond donors (Lipinski definition) is 0. The fraction of sp³-hybridized carbons (Fsp3) is 1.00. The van der Waals surface area contributed by atoms with Crippen molar-refractivity contribution in [3.05, 3.63) is 0 Å². The zero-order chi connectivity index (χ0) is 10.6. The minimum atomic E-state index is -4.79. The predicted molar refractivity (Wildman–Crippen MR) is 35.7 cm³/mol. The van der Waals surface area contributed by atoms with Crippen LogP contribution in [0.3, 0.4) is 0 Å². The normalized spacial score (nSPS) is 19.6. The van der Waals surface area contributed by atoms with Gasteiger partial charge in [0.05, 0.1) is 6.42 Å². The van der Waals surface area contributed by atoms with Gasteiger partial charge < -0.3 is 0 Å². The zero-order valence-corrected chi connectivity index (χ0v) is 6.91. The smallest absolute Gasteiger partial charge is 0.244 e. The summed E-state index contributed by atoms with van der Waals surface area (Å²) in [6, 6.07) is 0. The molecule has 2 unspecified atom stereocenters. The average Bonchev–Trinajstić information content (AvgIpc) is 1.98. The Morgan fingerprint density at radius 3 is 1.77 bits per heavy atom. The quantitative estimate of drug-likeness (QED) is 0.621. The zero-order valence-electron chi connectivity index (χ0n) is 6.91. The first-order valence-corrected chi connectivity index (χ1v) is 3.77. The molecule has 0 aromatic carbocycles. The Morgan fingerprint density at radius 1 is 1.00 bits per heavy atom. The van der Waals surface area contributed by atoms with Crippen LogP contribution in [0.15, 0.2) is 0 Å². The van der Waals surface area contributed by atoms with Crippen LogP contribution >= 0.6 is 0 Å². The van der Waals surface area contributed by atoms with Crippen molar-refractivity contribution in [2.45, 2.75) is 44.5 Å². The van der Waals surface area contributed by atoms with E-state index in [0.29, 0.717) is 0 Å². The van der Waals surface area contributed by atoms with Crippen LogP contribution in [0.2, 0.25) is 0 Å². The standard InChI is InChI=1S/C7H10F6/c1-2-4(8)6(10)5(9)3-7(11,12)13/h4-6H,2-3H2,1H3/t4?,5?,6-/m0/s1. The Balaban J connectivity index is 4.03. The van der Waals surface area contributed by atoms with Crippen LogP contribution in [0, 0.1) is 0 Å². The molecule has 0 spiro atoms. The largest absolute Gasteiger partial charge is 0.392 e. The van der Waals surface area contributed by atoms with Gasteiger partial charge in [-0.1, -0.05) is 6.92 Å². The van der Waals surface area contributed by atoms with E-state index in [4.69, 9.17) is 0 Å². The topological polar surface area (TPSA) is 0 Å². The molecule has 13 heavy (non-hydrogen) atoms. The molecule has 0 fully saturated rings. The maximum absolute atomic E-state index is 12.5. The second kappa shape index (κ2) is 4.72. The molecule has 80 valence electrons. The highest BCUT2D eigenvalue weighted by atomic mass is 19.4. The van der Waals surface area contributed by atoms with Crippen LogP contribution in [0.1, 0.15) is 19.8 Å². The molecule has 0 aromatic heterocycles. The summed E-state index contributed by atoms with van der Waals surface area (Å²) in [5, 5.41) is 0. The van der Waals surface area contributed by atoms with Gasteiger partial charge in [-0.25, -0.2) is 13.2 Å². The van der Waals surface area contributed by atoms with Crippen molar-refractivity contribution < 1.29 is 26.3 Å². The molecular weight excluding hydrogens is 198 g/mol. The minimum Gasteiger partial charge on any atom is -0.244 e. The van der Waals surface area contributed by atoms with Gasteiger partial charge in [-0.05, 0) is 6.42 Å². The summed E-state index contributed by atoms with van der Waals surface area (Å²) in [7, 11) is 0. The van der Waals surface area contributed by atoms with Crippen molar-refractivity contribution in [2.75, 3.05) is 0 Å². The van der Waals surface area contributed by atoms with Crippen LogP contribution in [0.5, 0.6) is 0 Å². The molecule has 0 amide bonds. The molecule has 0 rings (SSSR count). The molecule has 0 aliphatic rings. The van der Waals surface area contributed by atoms with Gasteiger partial charge in [0.1, 0.15) is 12.3 Å². The number of rotatable bonds is 4. The highest BCUT2D eigenvalue weighted by Gasteiger charge is 2.38. The molecular formula is C7H10F6. The summed E-state index contributed by atoms with van der Waals surface area (Å²) in [4.78, 5) is 0. The van der Waals surface area contributed by atoms with E-state index in [1.165, 1.54) is 6.92 Å². The van der Waals surface area contributed by atoms with Crippen LogP contribution in [0.25, 0.3) is 0 Å². The van der Waals surface area contributed by atoms with Crippen molar-refractivity contribution >= 4 is 0 Å². The van der Waals surface area contributed by atoms with Gasteiger partial charge in [0.2, 0.25) is 0 Å². The van der Waals surface area contributed by atoms with E-state index < -0.39 is 31.1 Å². The molecule has 0 radical (unpaired) electrons. The molecule has 0 N–H and O–H groups in total. The summed E-state index contributed by atoms with van der Waals surface area (Å²) in [5.41, 5.74) is 0. The Hall–Kier alpha value is -0.420. The highest BCUT2D eigenvalue weighted by molar-refractivity contribution is 4.77. The molecule has 0 bridgehead atoms. The van der Waals surface area contributed by atoms with Crippen molar-refractivity contribution in [3.63, 3.8) is 0 Å². The summed E-state index contributed by atoms with van der Waals surface area (Å²) >= 11 is 0. The molecule has 3 atom stereocenters. The van der Waals surface area contributed by atoms with Gasteiger partial charge in [0.25, 0.3) is 0 Å². The second-order valence-electron chi connectivity index (χ2n) is 2.70. The number of hydrogen-bond acceptors (Lipinski definition) is 0. The first kappa shape index (κ1) is 12.6. The lowest BCUT2D eigenvalue weighted by Gasteiger charge is -2.17. The van der Waals surface area contributed by atoms with E-state index in [2.05, 4.69) is 0 Å². The predicted octanol–water partition coefficient (Wildman–Crippen LogP) is 3.36. The molecule has 6 heteroatoms. The summed E-state index contributed by atoms with van der Waals surface area (Å²) in [6.07, 6.45) is -14.7. The lowest BCUT2D eigenvalue weighted by atomic mass is 10.1. The van der Waals surface area contributed by atoms with Crippen LogP contribution in [-0.4, -0.2) is 24.7 Å². The SMILES string of the molecule is CCC(F)[C@H](F)C(F)CC(F)(F)F. The second-order valence-corrected chi connectivity index (χ2v) is 2.70. The Kier molecular flexibility index (Phi) is 4.56. The van der Waals surface area contributed by atoms with Gasteiger partial charge in [-0.3, -0.25) is 0 Å². The maximum atomic E-state index is 12.5.